The average molecular weight is 297 g/mol. The molecule has 0 aliphatic carbocycles. The van der Waals surface area contributed by atoms with E-state index in [1.54, 1.807) is 4.90 Å². The van der Waals surface area contributed by atoms with Gasteiger partial charge in [-0.1, -0.05) is 6.92 Å². The van der Waals surface area contributed by atoms with Gasteiger partial charge in [0.15, 0.2) is 0 Å². The second-order valence-electron chi connectivity index (χ2n) is 6.66. The minimum Gasteiger partial charge on any atom is -0.481 e. The fourth-order valence-corrected chi connectivity index (χ4v) is 3.41. The van der Waals surface area contributed by atoms with Gasteiger partial charge in [-0.3, -0.25) is 9.69 Å². The molecule has 2 saturated heterocycles. The number of piperazine rings is 1. The summed E-state index contributed by atoms with van der Waals surface area (Å²) in [6.45, 7) is 8.44. The van der Waals surface area contributed by atoms with Crippen LogP contribution in [0.5, 0.6) is 0 Å². The van der Waals surface area contributed by atoms with Gasteiger partial charge >= 0.3 is 12.0 Å². The van der Waals surface area contributed by atoms with Crippen molar-refractivity contribution in [2.45, 2.75) is 45.7 Å². The first-order chi connectivity index (χ1) is 9.80. The lowest BCUT2D eigenvalue weighted by Crippen LogP contribution is -2.58. The van der Waals surface area contributed by atoms with Gasteiger partial charge in [-0.25, -0.2) is 4.79 Å². The second kappa shape index (κ2) is 5.83. The number of carboxylic acid groups (broad SMARTS) is 1. The van der Waals surface area contributed by atoms with Gasteiger partial charge in [0.2, 0.25) is 0 Å². The van der Waals surface area contributed by atoms with Crippen LogP contribution in [0.15, 0.2) is 0 Å². The van der Waals surface area contributed by atoms with E-state index in [0.717, 1.165) is 0 Å². The van der Waals surface area contributed by atoms with E-state index < -0.39 is 11.4 Å². The molecule has 0 radical (unpaired) electrons. The van der Waals surface area contributed by atoms with E-state index in [9.17, 15) is 14.7 Å². The minimum atomic E-state index is -0.777. The van der Waals surface area contributed by atoms with E-state index >= 15 is 0 Å². The van der Waals surface area contributed by atoms with Crippen molar-refractivity contribution >= 4 is 12.0 Å². The van der Waals surface area contributed by atoms with Crippen LogP contribution in [0.4, 0.5) is 4.79 Å². The topological polar surface area (TPSA) is 64.1 Å². The molecule has 0 aromatic heterocycles. The van der Waals surface area contributed by atoms with Gasteiger partial charge in [0.1, 0.15) is 0 Å². The first-order valence-corrected chi connectivity index (χ1v) is 7.80. The number of carboxylic acids is 1. The van der Waals surface area contributed by atoms with Gasteiger partial charge < -0.3 is 14.9 Å². The molecule has 6 nitrogen and oxygen atoms in total. The number of hydrogen-bond donors (Lipinski definition) is 1. The zero-order valence-corrected chi connectivity index (χ0v) is 13.5. The maximum atomic E-state index is 12.7. The number of amides is 2. The summed E-state index contributed by atoms with van der Waals surface area (Å²) < 4.78 is 0. The van der Waals surface area contributed by atoms with Gasteiger partial charge in [-0.15, -0.1) is 0 Å². The van der Waals surface area contributed by atoms with Gasteiger partial charge in [0.25, 0.3) is 0 Å². The predicted molar refractivity (Wildman–Crippen MR) is 80.2 cm³/mol. The Bertz CT molecular complexity index is 416. The second-order valence-corrected chi connectivity index (χ2v) is 6.66. The zero-order valence-electron chi connectivity index (χ0n) is 13.5. The molecule has 2 rings (SSSR count). The van der Waals surface area contributed by atoms with Crippen LogP contribution in [0, 0.1) is 5.41 Å². The molecule has 0 spiro atoms. The van der Waals surface area contributed by atoms with Crippen LogP contribution >= 0.6 is 0 Å². The molecule has 2 fully saturated rings. The first-order valence-electron chi connectivity index (χ1n) is 7.80. The van der Waals surface area contributed by atoms with E-state index in [-0.39, 0.29) is 6.03 Å². The molecule has 2 heterocycles. The normalized spacial score (nSPS) is 34.3. The molecule has 1 N–H and O–H groups in total. The van der Waals surface area contributed by atoms with Crippen molar-refractivity contribution in [3.05, 3.63) is 0 Å². The molecule has 2 aliphatic rings. The standard InChI is InChI=1S/C15H27N3O3/c1-5-15(13(19)20)6-7-17(10-15)14(21)18-8-11(2)16(4)12(3)9-18/h11-12H,5-10H2,1-4H3,(H,19,20). The summed E-state index contributed by atoms with van der Waals surface area (Å²) in [5.41, 5.74) is -0.751. The summed E-state index contributed by atoms with van der Waals surface area (Å²) in [5, 5.41) is 9.43. The summed E-state index contributed by atoms with van der Waals surface area (Å²) in [7, 11) is 2.08. The van der Waals surface area contributed by atoms with Crippen molar-refractivity contribution in [3.63, 3.8) is 0 Å². The summed E-state index contributed by atoms with van der Waals surface area (Å²) in [6, 6.07) is 0.657. The molecule has 0 aromatic rings. The number of likely N-dealkylation sites (N-methyl/N-ethyl adjacent to an activating group) is 1. The van der Waals surface area contributed by atoms with Gasteiger partial charge in [-0.05, 0) is 33.7 Å². The zero-order chi connectivity index (χ0) is 15.8. The van der Waals surface area contributed by atoms with E-state index in [2.05, 4.69) is 25.8 Å². The lowest BCUT2D eigenvalue weighted by atomic mass is 9.84. The number of urea groups is 1. The Labute approximate surface area is 126 Å². The SMILES string of the molecule is CCC1(C(=O)O)CCN(C(=O)N2CC(C)N(C)C(C)C2)C1. The lowest BCUT2D eigenvalue weighted by molar-refractivity contribution is -0.148. The quantitative estimate of drug-likeness (QED) is 0.835. The number of hydrogen-bond acceptors (Lipinski definition) is 3. The van der Waals surface area contributed by atoms with Crippen molar-refractivity contribution in [2.24, 2.45) is 5.41 Å². The van der Waals surface area contributed by atoms with Crippen molar-refractivity contribution < 1.29 is 14.7 Å². The van der Waals surface area contributed by atoms with Crippen molar-refractivity contribution in [1.29, 1.82) is 0 Å². The fraction of sp³-hybridized carbons (Fsp3) is 0.867. The third-order valence-corrected chi connectivity index (χ3v) is 5.39. The minimum absolute atomic E-state index is 0.00150. The highest BCUT2D eigenvalue weighted by molar-refractivity contribution is 5.80. The maximum absolute atomic E-state index is 12.7. The van der Waals surface area contributed by atoms with Crippen LogP contribution in [0.25, 0.3) is 0 Å². The molecule has 0 aromatic carbocycles. The summed E-state index contributed by atoms with van der Waals surface area (Å²) in [6.07, 6.45) is 1.13. The molecule has 0 saturated carbocycles. The number of aliphatic carboxylic acids is 1. The fourth-order valence-electron chi connectivity index (χ4n) is 3.41. The van der Waals surface area contributed by atoms with Crippen LogP contribution in [0.2, 0.25) is 0 Å². The Balaban J connectivity index is 2.03. The molecule has 3 unspecified atom stereocenters. The number of carbonyl (C=O) groups is 2. The molecule has 0 bridgehead atoms. The van der Waals surface area contributed by atoms with Crippen molar-refractivity contribution in [1.82, 2.24) is 14.7 Å². The summed E-state index contributed by atoms with van der Waals surface area (Å²) in [4.78, 5) is 30.0. The monoisotopic (exact) mass is 297 g/mol. The van der Waals surface area contributed by atoms with Crippen LogP contribution in [0.3, 0.4) is 0 Å². The first kappa shape index (κ1) is 16.1. The van der Waals surface area contributed by atoms with Gasteiger partial charge in [0.05, 0.1) is 5.41 Å². The summed E-state index contributed by atoms with van der Waals surface area (Å²) >= 11 is 0. The van der Waals surface area contributed by atoms with E-state index in [1.807, 2.05) is 11.8 Å². The molecule has 2 amide bonds. The Kier molecular flexibility index (Phi) is 4.46. The van der Waals surface area contributed by atoms with Crippen LogP contribution in [-0.4, -0.2) is 77.1 Å². The lowest BCUT2D eigenvalue weighted by Gasteiger charge is -2.43. The Morgan fingerprint density at radius 3 is 2.19 bits per heavy atom. The Morgan fingerprint density at radius 2 is 1.76 bits per heavy atom. The smallest absolute Gasteiger partial charge is 0.320 e. The molecule has 21 heavy (non-hydrogen) atoms. The third kappa shape index (κ3) is 2.86. The van der Waals surface area contributed by atoms with Crippen molar-refractivity contribution in [3.8, 4) is 0 Å². The van der Waals surface area contributed by atoms with Crippen LogP contribution < -0.4 is 0 Å². The summed E-state index contributed by atoms with van der Waals surface area (Å²) in [5.74, 6) is -0.777. The predicted octanol–water partition coefficient (Wildman–Crippen LogP) is 1.32. The highest BCUT2D eigenvalue weighted by atomic mass is 16.4. The molecular formula is C15H27N3O3. The molecular weight excluding hydrogens is 270 g/mol. The third-order valence-electron chi connectivity index (χ3n) is 5.39. The maximum Gasteiger partial charge on any atom is 0.320 e. The highest BCUT2D eigenvalue weighted by Gasteiger charge is 2.46. The molecule has 2 aliphatic heterocycles. The highest BCUT2D eigenvalue weighted by Crippen LogP contribution is 2.34. The van der Waals surface area contributed by atoms with E-state index in [4.69, 9.17) is 0 Å². The van der Waals surface area contributed by atoms with Crippen LogP contribution in [-0.2, 0) is 4.79 Å². The Hall–Kier alpha value is -1.30. The molecule has 3 atom stereocenters. The Morgan fingerprint density at radius 1 is 1.19 bits per heavy atom. The average Bonchev–Trinajstić information content (AvgIpc) is 2.89. The number of rotatable bonds is 2. The number of nitrogens with zero attached hydrogens (tertiary/aromatic N) is 3. The van der Waals surface area contributed by atoms with Crippen molar-refractivity contribution in [2.75, 3.05) is 33.2 Å². The largest absolute Gasteiger partial charge is 0.481 e. The van der Waals surface area contributed by atoms with E-state index in [1.165, 1.54) is 0 Å². The number of likely N-dealkylation sites (tertiary alicyclic amines) is 1. The van der Waals surface area contributed by atoms with E-state index in [0.29, 0.717) is 51.1 Å². The van der Waals surface area contributed by atoms with Gasteiger partial charge in [-0.2, -0.15) is 0 Å². The van der Waals surface area contributed by atoms with Gasteiger partial charge in [0, 0.05) is 38.3 Å². The van der Waals surface area contributed by atoms with Crippen LogP contribution in [0.1, 0.15) is 33.6 Å². The molecule has 120 valence electrons. The molecule has 6 heteroatoms. The number of carbonyl (C=O) groups excluding carboxylic acids is 1.